The summed E-state index contributed by atoms with van der Waals surface area (Å²) in [6.45, 7) is 0. The van der Waals surface area contributed by atoms with E-state index in [2.05, 4.69) is 10.3 Å². The Morgan fingerprint density at radius 1 is 1.13 bits per heavy atom. The average Bonchev–Trinajstić information content (AvgIpc) is 2.95. The van der Waals surface area contributed by atoms with Crippen molar-refractivity contribution in [3.63, 3.8) is 0 Å². The van der Waals surface area contributed by atoms with Crippen LogP contribution >= 0.6 is 11.3 Å². The van der Waals surface area contributed by atoms with E-state index in [-0.39, 0.29) is 10.6 Å². The first-order valence-corrected chi connectivity index (χ1v) is 9.51. The summed E-state index contributed by atoms with van der Waals surface area (Å²) >= 11 is 1.43. The summed E-state index contributed by atoms with van der Waals surface area (Å²) in [6, 6.07) is 13.4. The molecule has 0 saturated carbocycles. The van der Waals surface area contributed by atoms with Crippen molar-refractivity contribution in [2.45, 2.75) is 4.90 Å². The highest BCUT2D eigenvalue weighted by Crippen LogP contribution is 2.28. The summed E-state index contributed by atoms with van der Waals surface area (Å²) in [6.07, 6.45) is 1.18. The van der Waals surface area contributed by atoms with Crippen molar-refractivity contribution >= 4 is 32.0 Å². The number of benzene rings is 2. The van der Waals surface area contributed by atoms with E-state index in [1.54, 1.807) is 42.5 Å². The minimum atomic E-state index is -3.20. The highest BCUT2D eigenvalue weighted by molar-refractivity contribution is 7.90. The Balaban J connectivity index is 1.81. The molecule has 3 rings (SSSR count). The first-order valence-electron chi connectivity index (χ1n) is 6.74. The number of nitrogens with one attached hydrogen (secondary N) is 1. The van der Waals surface area contributed by atoms with E-state index in [0.29, 0.717) is 5.13 Å². The molecule has 0 atom stereocenters. The lowest BCUT2D eigenvalue weighted by Gasteiger charge is -2.03. The summed E-state index contributed by atoms with van der Waals surface area (Å²) in [5, 5.41) is 15.2. The molecule has 23 heavy (non-hydrogen) atoms. The van der Waals surface area contributed by atoms with Crippen LogP contribution in [0, 0.1) is 0 Å². The van der Waals surface area contributed by atoms with Gasteiger partial charge in [-0.15, -0.1) is 11.3 Å². The standard InChI is InChI=1S/C16H14N2O3S2/c1-23(20,21)14-7-5-11(6-8-14)15-10-22-16(18-15)17-12-3-2-4-13(19)9-12/h2-10,19H,1H3,(H,17,18). The quantitative estimate of drug-likeness (QED) is 0.753. The van der Waals surface area contributed by atoms with Crippen LogP contribution in [0.2, 0.25) is 0 Å². The molecule has 0 unspecified atom stereocenters. The molecule has 2 aromatic carbocycles. The number of hydrogen-bond donors (Lipinski definition) is 2. The molecule has 5 nitrogen and oxygen atoms in total. The molecular formula is C16H14N2O3S2. The summed E-state index contributed by atoms with van der Waals surface area (Å²) in [4.78, 5) is 4.76. The number of phenolic OH excluding ortho intramolecular Hbond substituents is 1. The Bertz CT molecular complexity index is 932. The van der Waals surface area contributed by atoms with Gasteiger partial charge in [0, 0.05) is 29.0 Å². The van der Waals surface area contributed by atoms with Crippen molar-refractivity contribution in [2.75, 3.05) is 11.6 Å². The molecule has 0 aliphatic rings. The molecule has 0 radical (unpaired) electrons. The van der Waals surface area contributed by atoms with Crippen LogP contribution < -0.4 is 5.32 Å². The largest absolute Gasteiger partial charge is 0.508 e. The predicted octanol–water partition coefficient (Wildman–Crippen LogP) is 3.66. The Hall–Kier alpha value is -2.38. The third-order valence-corrected chi connectivity index (χ3v) is 5.07. The molecule has 0 spiro atoms. The number of thiazole rings is 1. The number of hydrogen-bond acceptors (Lipinski definition) is 6. The van der Waals surface area contributed by atoms with Crippen molar-refractivity contribution in [1.29, 1.82) is 0 Å². The van der Waals surface area contributed by atoms with E-state index in [4.69, 9.17) is 0 Å². The molecule has 0 aliphatic carbocycles. The van der Waals surface area contributed by atoms with E-state index in [0.717, 1.165) is 16.9 Å². The number of aromatic nitrogens is 1. The molecule has 1 aromatic heterocycles. The maximum absolute atomic E-state index is 11.5. The normalized spacial score (nSPS) is 11.3. The highest BCUT2D eigenvalue weighted by Gasteiger charge is 2.09. The van der Waals surface area contributed by atoms with Gasteiger partial charge >= 0.3 is 0 Å². The van der Waals surface area contributed by atoms with Crippen LogP contribution in [-0.2, 0) is 9.84 Å². The molecule has 2 N–H and O–H groups in total. The number of rotatable bonds is 4. The van der Waals surface area contributed by atoms with Gasteiger partial charge in [0.05, 0.1) is 10.6 Å². The van der Waals surface area contributed by atoms with E-state index >= 15 is 0 Å². The SMILES string of the molecule is CS(=O)(=O)c1ccc(-c2csc(Nc3cccc(O)c3)n2)cc1. The topological polar surface area (TPSA) is 79.3 Å². The van der Waals surface area contributed by atoms with Crippen LogP contribution in [0.25, 0.3) is 11.3 Å². The Morgan fingerprint density at radius 2 is 1.87 bits per heavy atom. The fourth-order valence-corrected chi connectivity index (χ4v) is 3.41. The van der Waals surface area contributed by atoms with Gasteiger partial charge in [0.25, 0.3) is 0 Å². The van der Waals surface area contributed by atoms with E-state index in [9.17, 15) is 13.5 Å². The zero-order chi connectivity index (χ0) is 16.4. The summed E-state index contributed by atoms with van der Waals surface area (Å²) in [7, 11) is -3.20. The van der Waals surface area contributed by atoms with Crippen molar-refractivity contribution in [3.8, 4) is 17.0 Å². The highest BCUT2D eigenvalue weighted by atomic mass is 32.2. The van der Waals surface area contributed by atoms with E-state index < -0.39 is 9.84 Å². The fourth-order valence-electron chi connectivity index (χ4n) is 2.04. The zero-order valence-electron chi connectivity index (χ0n) is 12.2. The van der Waals surface area contributed by atoms with Crippen molar-refractivity contribution in [1.82, 2.24) is 4.98 Å². The first-order chi connectivity index (χ1) is 10.9. The van der Waals surface area contributed by atoms with Gasteiger partial charge in [-0.1, -0.05) is 18.2 Å². The summed E-state index contributed by atoms with van der Waals surface area (Å²) in [5.74, 6) is 0.183. The van der Waals surface area contributed by atoms with Crippen LogP contribution in [-0.4, -0.2) is 24.8 Å². The monoisotopic (exact) mass is 346 g/mol. The Morgan fingerprint density at radius 3 is 2.52 bits per heavy atom. The summed E-state index contributed by atoms with van der Waals surface area (Å²) < 4.78 is 22.9. The van der Waals surface area contributed by atoms with E-state index in [1.165, 1.54) is 17.6 Å². The molecule has 3 aromatic rings. The molecule has 0 fully saturated rings. The van der Waals surface area contributed by atoms with Crippen LogP contribution in [0.1, 0.15) is 0 Å². The lowest BCUT2D eigenvalue weighted by atomic mass is 10.2. The second-order valence-electron chi connectivity index (χ2n) is 5.01. The minimum absolute atomic E-state index is 0.183. The smallest absolute Gasteiger partial charge is 0.187 e. The van der Waals surface area contributed by atoms with Gasteiger partial charge in [0.2, 0.25) is 0 Å². The summed E-state index contributed by atoms with van der Waals surface area (Å²) in [5.41, 5.74) is 2.36. The van der Waals surface area contributed by atoms with Crippen molar-refractivity contribution in [2.24, 2.45) is 0 Å². The predicted molar refractivity (Wildman–Crippen MR) is 92.0 cm³/mol. The molecule has 1 heterocycles. The number of anilines is 2. The first kappa shape index (κ1) is 15.5. The Kier molecular flexibility index (Phi) is 4.06. The van der Waals surface area contributed by atoms with Gasteiger partial charge in [-0.3, -0.25) is 0 Å². The number of sulfone groups is 1. The molecule has 7 heteroatoms. The molecule has 0 saturated heterocycles. The van der Waals surface area contributed by atoms with Gasteiger partial charge in [0.1, 0.15) is 5.75 Å². The second kappa shape index (κ2) is 6.02. The van der Waals surface area contributed by atoms with Crippen LogP contribution in [0.15, 0.2) is 58.8 Å². The van der Waals surface area contributed by atoms with Gasteiger partial charge in [0.15, 0.2) is 15.0 Å². The number of phenols is 1. The number of nitrogens with zero attached hydrogens (tertiary/aromatic N) is 1. The van der Waals surface area contributed by atoms with Crippen LogP contribution in [0.5, 0.6) is 5.75 Å². The van der Waals surface area contributed by atoms with E-state index in [1.807, 2.05) is 11.4 Å². The second-order valence-corrected chi connectivity index (χ2v) is 7.88. The lowest BCUT2D eigenvalue weighted by Crippen LogP contribution is -1.96. The maximum atomic E-state index is 11.5. The molecule has 0 aliphatic heterocycles. The minimum Gasteiger partial charge on any atom is -0.508 e. The third kappa shape index (κ3) is 3.69. The molecule has 118 valence electrons. The maximum Gasteiger partial charge on any atom is 0.187 e. The zero-order valence-corrected chi connectivity index (χ0v) is 13.9. The fraction of sp³-hybridized carbons (Fsp3) is 0.0625. The molecular weight excluding hydrogens is 332 g/mol. The van der Waals surface area contributed by atoms with Gasteiger partial charge < -0.3 is 10.4 Å². The molecule has 0 amide bonds. The van der Waals surface area contributed by atoms with Gasteiger partial charge in [-0.2, -0.15) is 0 Å². The average molecular weight is 346 g/mol. The van der Waals surface area contributed by atoms with Crippen LogP contribution in [0.3, 0.4) is 0 Å². The van der Waals surface area contributed by atoms with Crippen LogP contribution in [0.4, 0.5) is 10.8 Å². The van der Waals surface area contributed by atoms with Crippen molar-refractivity contribution in [3.05, 3.63) is 53.9 Å². The Labute approximate surface area is 138 Å². The third-order valence-electron chi connectivity index (χ3n) is 3.18. The van der Waals surface area contributed by atoms with Crippen molar-refractivity contribution < 1.29 is 13.5 Å². The van der Waals surface area contributed by atoms with Gasteiger partial charge in [-0.05, 0) is 24.3 Å². The molecule has 0 bridgehead atoms. The lowest BCUT2D eigenvalue weighted by molar-refractivity contribution is 0.475. The van der Waals surface area contributed by atoms with Gasteiger partial charge in [-0.25, -0.2) is 13.4 Å². The number of aromatic hydroxyl groups is 1.